The fourth-order valence-corrected chi connectivity index (χ4v) is 4.58. The molecule has 0 N–H and O–H groups in total. The van der Waals surface area contributed by atoms with Crippen LogP contribution in [0.2, 0.25) is 0 Å². The number of hydrogen-bond donors (Lipinski definition) is 0. The maximum Gasteiger partial charge on any atom is 0.410 e. The molecule has 0 bridgehead atoms. The van der Waals surface area contributed by atoms with Gasteiger partial charge in [0.05, 0.1) is 7.11 Å². The van der Waals surface area contributed by atoms with Gasteiger partial charge in [-0.2, -0.15) is 0 Å². The summed E-state index contributed by atoms with van der Waals surface area (Å²) in [5.74, 6) is -0.744. The van der Waals surface area contributed by atoms with Crippen LogP contribution in [0, 0.1) is 5.41 Å². The first-order chi connectivity index (χ1) is 12.1. The molecule has 3 aliphatic rings. The third-order valence-electron chi connectivity index (χ3n) is 6.09. The largest absolute Gasteiger partial charge is 0.467 e. The first-order valence-corrected chi connectivity index (χ1v) is 9.55. The van der Waals surface area contributed by atoms with Gasteiger partial charge in [0.25, 0.3) is 0 Å². The molecule has 3 fully saturated rings. The molecule has 6 nitrogen and oxygen atoms in total. The molecular formula is C19H31FN2O4. The highest BCUT2D eigenvalue weighted by Gasteiger charge is 2.53. The van der Waals surface area contributed by atoms with Gasteiger partial charge in [-0.25, -0.2) is 14.0 Å². The summed E-state index contributed by atoms with van der Waals surface area (Å²) >= 11 is 0. The molecule has 1 amide bonds. The molecule has 2 aliphatic heterocycles. The van der Waals surface area contributed by atoms with Crippen molar-refractivity contribution >= 4 is 12.1 Å². The monoisotopic (exact) mass is 370 g/mol. The Balaban J connectivity index is 1.46. The molecule has 0 aromatic rings. The molecule has 0 aromatic carbocycles. The number of alkyl halides is 1. The van der Waals surface area contributed by atoms with Gasteiger partial charge in [0.15, 0.2) is 0 Å². The number of carbonyl (C=O) groups is 2. The maximum atomic E-state index is 14.5. The van der Waals surface area contributed by atoms with E-state index in [-0.39, 0.29) is 24.3 Å². The van der Waals surface area contributed by atoms with Crippen molar-refractivity contribution in [3.63, 3.8) is 0 Å². The predicted octanol–water partition coefficient (Wildman–Crippen LogP) is 2.75. The summed E-state index contributed by atoms with van der Waals surface area (Å²) in [6.45, 7) is 8.31. The number of ether oxygens (including phenoxy) is 2. The van der Waals surface area contributed by atoms with Crippen molar-refractivity contribution in [2.24, 2.45) is 5.41 Å². The first-order valence-electron chi connectivity index (χ1n) is 9.55. The van der Waals surface area contributed by atoms with E-state index >= 15 is 0 Å². The Morgan fingerprint density at radius 2 is 1.69 bits per heavy atom. The molecule has 148 valence electrons. The van der Waals surface area contributed by atoms with E-state index in [1.807, 2.05) is 25.7 Å². The number of rotatable bonds is 2. The summed E-state index contributed by atoms with van der Waals surface area (Å²) in [4.78, 5) is 27.9. The Bertz CT molecular complexity index is 560. The average molecular weight is 370 g/mol. The molecule has 2 saturated heterocycles. The number of esters is 1. The Labute approximate surface area is 155 Å². The zero-order chi connectivity index (χ0) is 19.2. The first kappa shape index (κ1) is 19.4. The molecule has 2 heterocycles. The standard InChI is InChI=1S/C19H31FN2O4/c1-17(2,3)26-16(24)22-8-5-18(13-22)11-14(12-18)21-9-6-19(20,7-10-21)15(23)25-4/h14H,5-13H2,1-4H3. The highest BCUT2D eigenvalue weighted by molar-refractivity contribution is 5.79. The smallest absolute Gasteiger partial charge is 0.410 e. The second kappa shape index (κ2) is 6.66. The molecule has 7 heteroatoms. The van der Waals surface area contributed by atoms with Crippen LogP contribution in [0.4, 0.5) is 9.18 Å². The summed E-state index contributed by atoms with van der Waals surface area (Å²) in [5.41, 5.74) is -2.11. The molecule has 26 heavy (non-hydrogen) atoms. The van der Waals surface area contributed by atoms with E-state index in [1.165, 1.54) is 7.11 Å². The molecule has 0 aromatic heterocycles. The molecule has 0 unspecified atom stereocenters. The van der Waals surface area contributed by atoms with Gasteiger partial charge in [-0.05, 0) is 45.4 Å². The van der Waals surface area contributed by atoms with Gasteiger partial charge >= 0.3 is 12.1 Å². The van der Waals surface area contributed by atoms with Crippen LogP contribution in [0.15, 0.2) is 0 Å². The second-order valence-corrected chi connectivity index (χ2v) is 9.21. The minimum atomic E-state index is -1.83. The summed E-state index contributed by atoms with van der Waals surface area (Å²) in [5, 5.41) is 0. The summed E-state index contributed by atoms with van der Waals surface area (Å²) in [6, 6.07) is 0.427. The highest BCUT2D eigenvalue weighted by Crippen LogP contribution is 2.51. The topological polar surface area (TPSA) is 59.1 Å². The Hall–Kier alpha value is -1.37. The molecule has 1 aliphatic carbocycles. The van der Waals surface area contributed by atoms with Crippen molar-refractivity contribution in [2.75, 3.05) is 33.3 Å². The van der Waals surface area contributed by atoms with Crippen LogP contribution in [0.1, 0.15) is 52.9 Å². The summed E-state index contributed by atoms with van der Waals surface area (Å²) < 4.78 is 24.6. The number of carbonyl (C=O) groups excluding carboxylic acids is 2. The lowest BCUT2D eigenvalue weighted by Crippen LogP contribution is -2.57. The fourth-order valence-electron chi connectivity index (χ4n) is 4.58. The fraction of sp³-hybridized carbons (Fsp3) is 0.895. The van der Waals surface area contributed by atoms with E-state index in [4.69, 9.17) is 4.74 Å². The Morgan fingerprint density at radius 3 is 2.23 bits per heavy atom. The normalized spacial score (nSPS) is 31.6. The van der Waals surface area contributed by atoms with Crippen molar-refractivity contribution in [1.29, 1.82) is 0 Å². The lowest BCUT2D eigenvalue weighted by molar-refractivity contribution is -0.159. The molecule has 3 rings (SSSR count). The second-order valence-electron chi connectivity index (χ2n) is 9.21. The summed E-state index contributed by atoms with van der Waals surface area (Å²) in [6.07, 6.45) is 3.25. The third-order valence-corrected chi connectivity index (χ3v) is 6.09. The number of amides is 1. The number of nitrogens with zero attached hydrogens (tertiary/aromatic N) is 2. The van der Waals surface area contributed by atoms with Crippen LogP contribution >= 0.6 is 0 Å². The quantitative estimate of drug-likeness (QED) is 0.700. The van der Waals surface area contributed by atoms with E-state index in [2.05, 4.69) is 9.64 Å². The van der Waals surface area contributed by atoms with E-state index in [0.29, 0.717) is 19.1 Å². The van der Waals surface area contributed by atoms with Gasteiger partial charge < -0.3 is 19.3 Å². The predicted molar refractivity (Wildman–Crippen MR) is 94.5 cm³/mol. The van der Waals surface area contributed by atoms with Crippen molar-refractivity contribution in [2.45, 2.75) is 70.2 Å². The van der Waals surface area contributed by atoms with Gasteiger partial charge in [0.2, 0.25) is 5.67 Å². The van der Waals surface area contributed by atoms with Gasteiger partial charge in [-0.15, -0.1) is 0 Å². The van der Waals surface area contributed by atoms with E-state index < -0.39 is 17.2 Å². The minimum absolute atomic E-state index is 0.189. The highest BCUT2D eigenvalue weighted by atomic mass is 19.1. The lowest BCUT2D eigenvalue weighted by atomic mass is 9.64. The molecule has 1 spiro atoms. The molecular weight excluding hydrogens is 339 g/mol. The van der Waals surface area contributed by atoms with E-state index in [9.17, 15) is 14.0 Å². The average Bonchev–Trinajstić information content (AvgIpc) is 2.98. The van der Waals surface area contributed by atoms with Gasteiger partial charge in [0.1, 0.15) is 5.60 Å². The van der Waals surface area contributed by atoms with Crippen LogP contribution < -0.4 is 0 Å². The van der Waals surface area contributed by atoms with E-state index in [0.717, 1.165) is 32.4 Å². The number of hydrogen-bond acceptors (Lipinski definition) is 5. The van der Waals surface area contributed by atoms with Crippen LogP contribution in [0.3, 0.4) is 0 Å². The van der Waals surface area contributed by atoms with E-state index in [1.54, 1.807) is 0 Å². The molecule has 0 radical (unpaired) electrons. The zero-order valence-electron chi connectivity index (χ0n) is 16.3. The zero-order valence-corrected chi connectivity index (χ0v) is 16.3. The Morgan fingerprint density at radius 1 is 1.08 bits per heavy atom. The molecule has 1 saturated carbocycles. The van der Waals surface area contributed by atoms with Crippen LogP contribution in [0.5, 0.6) is 0 Å². The van der Waals surface area contributed by atoms with Crippen molar-refractivity contribution in [3.8, 4) is 0 Å². The van der Waals surface area contributed by atoms with Crippen LogP contribution in [-0.2, 0) is 14.3 Å². The number of piperidine rings is 1. The maximum absolute atomic E-state index is 14.5. The van der Waals surface area contributed by atoms with Gasteiger partial charge in [0, 0.05) is 45.1 Å². The molecule has 0 atom stereocenters. The van der Waals surface area contributed by atoms with Crippen molar-refractivity contribution in [3.05, 3.63) is 0 Å². The number of methoxy groups -OCH3 is 1. The number of halogens is 1. The minimum Gasteiger partial charge on any atom is -0.467 e. The van der Waals surface area contributed by atoms with Gasteiger partial charge in [-0.1, -0.05) is 0 Å². The van der Waals surface area contributed by atoms with Crippen LogP contribution in [-0.4, -0.2) is 72.5 Å². The van der Waals surface area contributed by atoms with Gasteiger partial charge in [-0.3, -0.25) is 0 Å². The third kappa shape index (κ3) is 3.82. The Kier molecular flexibility index (Phi) is 4.97. The van der Waals surface area contributed by atoms with Crippen molar-refractivity contribution in [1.82, 2.24) is 9.80 Å². The van der Waals surface area contributed by atoms with Crippen molar-refractivity contribution < 1.29 is 23.5 Å². The summed E-state index contributed by atoms with van der Waals surface area (Å²) in [7, 11) is 1.24. The lowest BCUT2D eigenvalue weighted by Gasteiger charge is -2.52. The SMILES string of the molecule is COC(=O)C1(F)CCN(C2CC3(CCN(C(=O)OC(C)(C)C)C3)C2)CC1. The van der Waals surface area contributed by atoms with Crippen LogP contribution in [0.25, 0.3) is 0 Å². The number of likely N-dealkylation sites (tertiary alicyclic amines) is 2.